The zero-order valence-corrected chi connectivity index (χ0v) is 12.9. The molecule has 0 unspecified atom stereocenters. The van der Waals surface area contributed by atoms with Crippen molar-refractivity contribution in [3.8, 4) is 0 Å². The van der Waals surface area contributed by atoms with E-state index in [1.54, 1.807) is 13.1 Å². The van der Waals surface area contributed by atoms with Gasteiger partial charge in [-0.05, 0) is 19.4 Å². The second kappa shape index (κ2) is 7.04. The lowest BCUT2D eigenvalue weighted by atomic mass is 10.1. The monoisotopic (exact) mass is 302 g/mol. The minimum Gasteiger partial charge on any atom is -0.462 e. The molecule has 0 amide bonds. The van der Waals surface area contributed by atoms with E-state index < -0.39 is 0 Å². The summed E-state index contributed by atoms with van der Waals surface area (Å²) in [6, 6.07) is 9.98. The molecule has 0 bridgehead atoms. The van der Waals surface area contributed by atoms with Crippen molar-refractivity contribution in [1.29, 1.82) is 0 Å². The summed E-state index contributed by atoms with van der Waals surface area (Å²) in [5, 5.41) is 3.29. The number of nitrogens with one attached hydrogen (secondary N) is 2. The number of anilines is 1. The van der Waals surface area contributed by atoms with E-state index in [0.29, 0.717) is 23.4 Å². The Morgan fingerprint density at radius 2 is 2.05 bits per heavy atom. The van der Waals surface area contributed by atoms with Gasteiger partial charge in [0, 0.05) is 18.3 Å². The first-order chi connectivity index (χ1) is 10.1. The predicted octanol–water partition coefficient (Wildman–Crippen LogP) is 3.84. The molecule has 21 heavy (non-hydrogen) atoms. The molecule has 0 fully saturated rings. The number of benzene rings is 1. The second-order valence-corrected chi connectivity index (χ2v) is 5.00. The molecular weight excluding hydrogens is 284 g/mol. The highest BCUT2D eigenvalue weighted by atomic mass is 32.1. The van der Waals surface area contributed by atoms with Gasteiger partial charge >= 0.3 is 5.97 Å². The third-order valence-electron chi connectivity index (χ3n) is 3.14. The first kappa shape index (κ1) is 15.3. The number of esters is 1. The molecule has 0 saturated carbocycles. The van der Waals surface area contributed by atoms with Crippen LogP contribution in [0.4, 0.5) is 5.69 Å². The lowest BCUT2D eigenvalue weighted by Gasteiger charge is -2.14. The van der Waals surface area contributed by atoms with E-state index in [1.165, 1.54) is 0 Å². The minimum absolute atomic E-state index is 0.339. The van der Waals surface area contributed by atoms with Gasteiger partial charge in [-0.15, -0.1) is 0 Å². The lowest BCUT2D eigenvalue weighted by Crippen LogP contribution is -2.12. The van der Waals surface area contributed by atoms with Gasteiger partial charge in [0.25, 0.3) is 0 Å². The molecule has 0 saturated heterocycles. The molecule has 2 aromatic rings. The van der Waals surface area contributed by atoms with Crippen molar-refractivity contribution in [3.05, 3.63) is 57.9 Å². The van der Waals surface area contributed by atoms with Crippen LogP contribution in [0, 0.1) is 11.6 Å². The number of aromatic nitrogens is 1. The molecule has 0 aliphatic heterocycles. The number of aromatic amines is 1. The summed E-state index contributed by atoms with van der Waals surface area (Å²) in [6.07, 6.45) is 1.60. The van der Waals surface area contributed by atoms with E-state index >= 15 is 0 Å². The molecule has 0 radical (unpaired) electrons. The Morgan fingerprint density at radius 1 is 1.33 bits per heavy atom. The highest BCUT2D eigenvalue weighted by Gasteiger charge is 2.15. The Morgan fingerprint density at radius 3 is 2.71 bits per heavy atom. The number of carbonyl (C=O) groups excluding carboxylic acids is 1. The van der Waals surface area contributed by atoms with E-state index in [0.717, 1.165) is 16.8 Å². The molecule has 0 spiro atoms. The summed E-state index contributed by atoms with van der Waals surface area (Å²) in [5.74, 6) is -0.359. The van der Waals surface area contributed by atoms with Gasteiger partial charge in [-0.1, -0.05) is 42.5 Å². The van der Waals surface area contributed by atoms with Crippen LogP contribution in [0.3, 0.4) is 0 Å². The van der Waals surface area contributed by atoms with Crippen molar-refractivity contribution in [2.24, 2.45) is 0 Å². The smallest absolute Gasteiger partial charge is 0.341 e. The van der Waals surface area contributed by atoms with Crippen LogP contribution in [-0.4, -0.2) is 17.6 Å². The number of carbonyl (C=O) groups is 1. The SMILES string of the molecule is CCOC(=O)c1c[nH]c(=S)c(C)c1NCc1ccccc1. The van der Waals surface area contributed by atoms with E-state index in [1.807, 2.05) is 37.3 Å². The van der Waals surface area contributed by atoms with Gasteiger partial charge in [-0.25, -0.2) is 4.79 Å². The van der Waals surface area contributed by atoms with Crippen molar-refractivity contribution in [2.45, 2.75) is 20.4 Å². The predicted molar refractivity (Wildman–Crippen MR) is 86.1 cm³/mol. The fourth-order valence-electron chi connectivity index (χ4n) is 2.02. The third-order valence-corrected chi connectivity index (χ3v) is 3.56. The first-order valence-corrected chi connectivity index (χ1v) is 7.21. The van der Waals surface area contributed by atoms with Crippen molar-refractivity contribution in [1.82, 2.24) is 4.98 Å². The molecule has 2 N–H and O–H groups in total. The average molecular weight is 302 g/mol. The summed E-state index contributed by atoms with van der Waals surface area (Å²) in [6.45, 7) is 4.63. The Bertz CT molecular complexity index is 680. The summed E-state index contributed by atoms with van der Waals surface area (Å²) in [7, 11) is 0. The number of H-pyrrole nitrogens is 1. The summed E-state index contributed by atoms with van der Waals surface area (Å²) < 4.78 is 5.69. The van der Waals surface area contributed by atoms with Gasteiger partial charge in [0.15, 0.2) is 0 Å². The summed E-state index contributed by atoms with van der Waals surface area (Å²) in [5.41, 5.74) is 3.16. The zero-order chi connectivity index (χ0) is 15.2. The van der Waals surface area contributed by atoms with Gasteiger partial charge in [0.05, 0.1) is 17.9 Å². The molecule has 110 valence electrons. The van der Waals surface area contributed by atoms with Crippen LogP contribution in [0.5, 0.6) is 0 Å². The van der Waals surface area contributed by atoms with Crippen LogP contribution < -0.4 is 5.32 Å². The quantitative estimate of drug-likeness (QED) is 0.651. The molecule has 0 aliphatic rings. The highest BCUT2D eigenvalue weighted by Crippen LogP contribution is 2.22. The van der Waals surface area contributed by atoms with Crippen molar-refractivity contribution in [2.75, 3.05) is 11.9 Å². The first-order valence-electron chi connectivity index (χ1n) is 6.80. The number of hydrogen-bond donors (Lipinski definition) is 2. The summed E-state index contributed by atoms with van der Waals surface area (Å²) >= 11 is 5.23. The topological polar surface area (TPSA) is 54.1 Å². The molecule has 4 nitrogen and oxygen atoms in total. The molecule has 1 aromatic carbocycles. The maximum Gasteiger partial charge on any atom is 0.341 e. The number of ether oxygens (including phenoxy) is 1. The Balaban J connectivity index is 2.30. The van der Waals surface area contributed by atoms with E-state index in [4.69, 9.17) is 17.0 Å². The Kier molecular flexibility index (Phi) is 5.11. The van der Waals surface area contributed by atoms with Crippen LogP contribution in [0.25, 0.3) is 0 Å². The molecule has 1 heterocycles. The molecular formula is C16H18N2O2S. The van der Waals surface area contributed by atoms with E-state index in [-0.39, 0.29) is 5.97 Å². The van der Waals surface area contributed by atoms with Crippen molar-refractivity contribution < 1.29 is 9.53 Å². The molecule has 1 aromatic heterocycles. The van der Waals surface area contributed by atoms with Gasteiger partial charge in [0.2, 0.25) is 0 Å². The lowest BCUT2D eigenvalue weighted by molar-refractivity contribution is 0.0527. The molecule has 2 rings (SSSR count). The largest absolute Gasteiger partial charge is 0.462 e. The van der Waals surface area contributed by atoms with Crippen LogP contribution in [-0.2, 0) is 11.3 Å². The molecule has 0 atom stereocenters. The number of hydrogen-bond acceptors (Lipinski definition) is 4. The van der Waals surface area contributed by atoms with Crippen molar-refractivity contribution in [3.63, 3.8) is 0 Å². The van der Waals surface area contributed by atoms with Crippen molar-refractivity contribution >= 4 is 23.9 Å². The highest BCUT2D eigenvalue weighted by molar-refractivity contribution is 7.71. The van der Waals surface area contributed by atoms with Gasteiger partial charge in [-0.2, -0.15) is 0 Å². The van der Waals surface area contributed by atoms with Gasteiger partial charge in [-0.3, -0.25) is 0 Å². The van der Waals surface area contributed by atoms with Gasteiger partial charge < -0.3 is 15.0 Å². The molecule has 0 aliphatic carbocycles. The van der Waals surface area contributed by atoms with Crippen LogP contribution >= 0.6 is 12.2 Å². The van der Waals surface area contributed by atoms with Crippen LogP contribution in [0.2, 0.25) is 0 Å². The normalized spacial score (nSPS) is 10.2. The Labute approximate surface area is 129 Å². The fraction of sp³-hybridized carbons (Fsp3) is 0.250. The third kappa shape index (κ3) is 3.70. The number of rotatable bonds is 5. The average Bonchev–Trinajstić information content (AvgIpc) is 2.50. The minimum atomic E-state index is -0.359. The van der Waals surface area contributed by atoms with E-state index in [2.05, 4.69) is 10.3 Å². The summed E-state index contributed by atoms with van der Waals surface area (Å²) in [4.78, 5) is 14.9. The fourth-order valence-corrected chi connectivity index (χ4v) is 2.18. The number of pyridine rings is 1. The Hall–Kier alpha value is -2.14. The van der Waals surface area contributed by atoms with Crippen LogP contribution in [0.1, 0.15) is 28.4 Å². The molecule has 5 heteroatoms. The standard InChI is InChI=1S/C16H18N2O2S/c1-3-20-16(19)13-10-18-15(21)11(2)14(13)17-9-12-7-5-4-6-8-12/h4-8,10H,3,9H2,1-2H3,(H2,17,18,21). The second-order valence-electron chi connectivity index (χ2n) is 4.59. The van der Waals surface area contributed by atoms with E-state index in [9.17, 15) is 4.79 Å². The van der Waals surface area contributed by atoms with Crippen LogP contribution in [0.15, 0.2) is 36.5 Å². The van der Waals surface area contributed by atoms with Gasteiger partial charge in [0.1, 0.15) is 4.64 Å². The maximum absolute atomic E-state index is 12.0. The zero-order valence-electron chi connectivity index (χ0n) is 12.1. The maximum atomic E-state index is 12.0.